The number of benzene rings is 2. The lowest BCUT2D eigenvalue weighted by Crippen LogP contribution is -2.28. The van der Waals surface area contributed by atoms with Gasteiger partial charge in [-0.25, -0.2) is 13.1 Å². The highest BCUT2D eigenvalue weighted by molar-refractivity contribution is 7.91. The van der Waals surface area contributed by atoms with Crippen LogP contribution in [0.4, 0.5) is 0 Å². The van der Waals surface area contributed by atoms with Gasteiger partial charge in [0.2, 0.25) is 15.9 Å². The Morgan fingerprint density at radius 1 is 1.03 bits per heavy atom. The van der Waals surface area contributed by atoms with Crippen molar-refractivity contribution in [3.63, 3.8) is 0 Å². The van der Waals surface area contributed by atoms with E-state index in [0.29, 0.717) is 6.54 Å². The number of aromatic nitrogens is 1. The number of thiophene rings is 1. The van der Waals surface area contributed by atoms with E-state index >= 15 is 0 Å². The van der Waals surface area contributed by atoms with Crippen molar-refractivity contribution in [2.75, 3.05) is 6.54 Å². The number of amides is 1. The largest absolute Gasteiger partial charge is 0.361 e. The third-order valence-corrected chi connectivity index (χ3v) is 8.09. The monoisotopic (exact) mass is 453 g/mol. The standard InChI is InChI=1S/C23H23N3O3S2/c1-16(27)24-13-18-11-12-23(30-18)31(28,29)26-15-20(17-7-3-2-4-8-17)21-14-25-22-10-6-5-9-19(21)22/h2-12,14,20,25-26H,13,15H2,1H3,(H,24,27)/t20-/m0/s1. The molecule has 0 aliphatic rings. The highest BCUT2D eigenvalue weighted by atomic mass is 32.2. The van der Waals surface area contributed by atoms with Crippen LogP contribution in [0, 0.1) is 0 Å². The van der Waals surface area contributed by atoms with Gasteiger partial charge in [0.05, 0.1) is 6.54 Å². The number of rotatable bonds is 8. The van der Waals surface area contributed by atoms with Gasteiger partial charge in [-0.1, -0.05) is 48.5 Å². The van der Waals surface area contributed by atoms with Crippen molar-refractivity contribution in [1.29, 1.82) is 0 Å². The second kappa shape index (κ2) is 9.05. The first kappa shape index (κ1) is 21.3. The molecule has 6 nitrogen and oxygen atoms in total. The Hall–Kier alpha value is -2.94. The number of H-pyrrole nitrogens is 1. The summed E-state index contributed by atoms with van der Waals surface area (Å²) in [4.78, 5) is 15.2. The maximum atomic E-state index is 13.0. The van der Waals surface area contributed by atoms with Crippen LogP contribution in [0.5, 0.6) is 0 Å². The van der Waals surface area contributed by atoms with Crippen LogP contribution in [0.15, 0.2) is 77.1 Å². The van der Waals surface area contributed by atoms with Gasteiger partial charge in [0, 0.05) is 41.4 Å². The molecule has 160 valence electrons. The predicted molar refractivity (Wildman–Crippen MR) is 124 cm³/mol. The maximum Gasteiger partial charge on any atom is 0.250 e. The van der Waals surface area contributed by atoms with Crippen LogP contribution in [0.25, 0.3) is 10.9 Å². The number of sulfonamides is 1. The minimum atomic E-state index is -3.68. The minimum Gasteiger partial charge on any atom is -0.361 e. The number of hydrogen-bond acceptors (Lipinski definition) is 4. The second-order valence-corrected chi connectivity index (χ2v) is 10.4. The van der Waals surface area contributed by atoms with Crippen LogP contribution in [0.3, 0.4) is 0 Å². The average molecular weight is 454 g/mol. The molecular formula is C23H23N3O3S2. The summed E-state index contributed by atoms with van der Waals surface area (Å²) in [6, 6.07) is 21.2. The van der Waals surface area contributed by atoms with E-state index in [0.717, 1.165) is 38.2 Å². The van der Waals surface area contributed by atoms with Crippen molar-refractivity contribution in [2.45, 2.75) is 23.6 Å². The molecule has 4 aromatic rings. The minimum absolute atomic E-state index is 0.147. The Labute approximate surface area is 185 Å². The van der Waals surface area contributed by atoms with E-state index < -0.39 is 10.0 Å². The quantitative estimate of drug-likeness (QED) is 0.377. The molecule has 1 amide bonds. The number of aromatic amines is 1. The lowest BCUT2D eigenvalue weighted by atomic mass is 9.91. The fraction of sp³-hybridized carbons (Fsp3) is 0.174. The molecule has 0 aliphatic carbocycles. The van der Waals surface area contributed by atoms with Gasteiger partial charge >= 0.3 is 0 Å². The van der Waals surface area contributed by atoms with Gasteiger partial charge in [-0.3, -0.25) is 4.79 Å². The summed E-state index contributed by atoms with van der Waals surface area (Å²) in [5, 5.41) is 3.76. The first-order chi connectivity index (χ1) is 14.9. The van der Waals surface area contributed by atoms with Crippen molar-refractivity contribution in [1.82, 2.24) is 15.0 Å². The summed E-state index contributed by atoms with van der Waals surface area (Å²) >= 11 is 1.16. The third kappa shape index (κ3) is 4.87. The Balaban J connectivity index is 1.59. The zero-order chi connectivity index (χ0) is 21.8. The SMILES string of the molecule is CC(=O)NCc1ccc(S(=O)(=O)NC[C@@H](c2ccccc2)c2c[nH]c3ccccc23)s1. The average Bonchev–Trinajstić information content (AvgIpc) is 3.41. The molecule has 0 aliphatic heterocycles. The van der Waals surface area contributed by atoms with Gasteiger partial charge in [-0.05, 0) is 29.3 Å². The van der Waals surface area contributed by atoms with Gasteiger partial charge in [-0.2, -0.15) is 0 Å². The number of para-hydroxylation sites is 1. The van der Waals surface area contributed by atoms with Crippen LogP contribution < -0.4 is 10.0 Å². The molecule has 0 saturated heterocycles. The molecule has 2 aromatic carbocycles. The van der Waals surface area contributed by atoms with Crippen LogP contribution in [-0.2, 0) is 21.4 Å². The van der Waals surface area contributed by atoms with E-state index in [1.807, 2.05) is 60.8 Å². The second-order valence-electron chi connectivity index (χ2n) is 7.24. The lowest BCUT2D eigenvalue weighted by Gasteiger charge is -2.18. The third-order valence-electron chi connectivity index (χ3n) is 5.09. The van der Waals surface area contributed by atoms with E-state index in [4.69, 9.17) is 0 Å². The fourth-order valence-electron chi connectivity index (χ4n) is 3.55. The molecule has 0 saturated carbocycles. The molecule has 0 fully saturated rings. The molecule has 0 spiro atoms. The molecule has 4 rings (SSSR count). The van der Waals surface area contributed by atoms with E-state index in [1.165, 1.54) is 6.92 Å². The zero-order valence-corrected chi connectivity index (χ0v) is 18.6. The molecule has 2 heterocycles. The number of fused-ring (bicyclic) bond motifs is 1. The molecule has 3 N–H and O–H groups in total. The van der Waals surface area contributed by atoms with Gasteiger partial charge in [-0.15, -0.1) is 11.3 Å². The lowest BCUT2D eigenvalue weighted by molar-refractivity contribution is -0.119. The molecule has 31 heavy (non-hydrogen) atoms. The van der Waals surface area contributed by atoms with Crippen molar-refractivity contribution < 1.29 is 13.2 Å². The van der Waals surface area contributed by atoms with E-state index in [9.17, 15) is 13.2 Å². The fourth-order valence-corrected chi connectivity index (χ4v) is 5.94. The van der Waals surface area contributed by atoms with Gasteiger partial charge < -0.3 is 10.3 Å². The van der Waals surface area contributed by atoms with Crippen molar-refractivity contribution >= 4 is 38.2 Å². The molecule has 0 unspecified atom stereocenters. The van der Waals surface area contributed by atoms with Crippen LogP contribution in [-0.4, -0.2) is 25.9 Å². The summed E-state index contributed by atoms with van der Waals surface area (Å²) < 4.78 is 28.9. The summed E-state index contributed by atoms with van der Waals surface area (Å²) in [6.07, 6.45) is 1.95. The highest BCUT2D eigenvalue weighted by Crippen LogP contribution is 2.31. The molecule has 0 bridgehead atoms. The van der Waals surface area contributed by atoms with Crippen molar-refractivity contribution in [3.05, 3.63) is 88.9 Å². The topological polar surface area (TPSA) is 91.1 Å². The van der Waals surface area contributed by atoms with E-state index in [2.05, 4.69) is 15.0 Å². The Bertz CT molecular complexity index is 1290. The van der Waals surface area contributed by atoms with E-state index in [1.54, 1.807) is 12.1 Å². The summed E-state index contributed by atoms with van der Waals surface area (Å²) in [5.41, 5.74) is 3.09. The van der Waals surface area contributed by atoms with Gasteiger partial charge in [0.1, 0.15) is 4.21 Å². The molecule has 0 radical (unpaired) electrons. The number of carbonyl (C=O) groups excluding carboxylic acids is 1. The summed E-state index contributed by atoms with van der Waals surface area (Å²) in [7, 11) is -3.68. The molecule has 2 aromatic heterocycles. The van der Waals surface area contributed by atoms with Crippen LogP contribution in [0.1, 0.15) is 28.8 Å². The zero-order valence-electron chi connectivity index (χ0n) is 17.0. The highest BCUT2D eigenvalue weighted by Gasteiger charge is 2.23. The maximum absolute atomic E-state index is 13.0. The molecule has 1 atom stereocenters. The predicted octanol–water partition coefficient (Wildman–Crippen LogP) is 3.98. The van der Waals surface area contributed by atoms with Crippen molar-refractivity contribution in [3.8, 4) is 0 Å². The van der Waals surface area contributed by atoms with Crippen LogP contribution in [0.2, 0.25) is 0 Å². The number of nitrogens with one attached hydrogen (secondary N) is 3. The van der Waals surface area contributed by atoms with Gasteiger partial charge in [0.25, 0.3) is 0 Å². The van der Waals surface area contributed by atoms with Crippen LogP contribution >= 0.6 is 11.3 Å². The number of hydrogen-bond donors (Lipinski definition) is 3. The Kier molecular flexibility index (Phi) is 6.22. The summed E-state index contributed by atoms with van der Waals surface area (Å²) in [5.74, 6) is -0.300. The normalized spacial score (nSPS) is 12.7. The first-order valence-corrected chi connectivity index (χ1v) is 12.2. The van der Waals surface area contributed by atoms with Gasteiger partial charge in [0.15, 0.2) is 0 Å². The smallest absolute Gasteiger partial charge is 0.250 e. The molecule has 8 heteroatoms. The first-order valence-electron chi connectivity index (χ1n) is 9.88. The molecular weight excluding hydrogens is 430 g/mol. The van der Waals surface area contributed by atoms with Crippen molar-refractivity contribution in [2.24, 2.45) is 0 Å². The Morgan fingerprint density at radius 3 is 2.55 bits per heavy atom. The Morgan fingerprint density at radius 2 is 1.77 bits per heavy atom. The number of carbonyl (C=O) groups is 1. The summed E-state index contributed by atoms with van der Waals surface area (Å²) in [6.45, 7) is 1.98. The van der Waals surface area contributed by atoms with E-state index in [-0.39, 0.29) is 22.6 Å².